The van der Waals surface area contributed by atoms with E-state index in [0.717, 1.165) is 20.8 Å². The number of anilines is 1. The number of halogens is 1. The predicted octanol–water partition coefficient (Wildman–Crippen LogP) is 3.39. The Bertz CT molecular complexity index is 1070. The van der Waals surface area contributed by atoms with Crippen molar-refractivity contribution in [3.8, 4) is 0 Å². The number of nitrogens with zero attached hydrogens (tertiary/aromatic N) is 1. The molecule has 0 bridgehead atoms. The Morgan fingerprint density at radius 1 is 1.07 bits per heavy atom. The molecule has 142 valence electrons. The third kappa shape index (κ3) is 3.41. The molecule has 1 aliphatic heterocycles. The Labute approximate surface area is 171 Å². The molecule has 1 fully saturated rings. The molecule has 4 rings (SSSR count). The molecule has 0 aromatic heterocycles. The first-order chi connectivity index (χ1) is 13.5. The van der Waals surface area contributed by atoms with Crippen LogP contribution in [-0.2, 0) is 16.1 Å². The van der Waals surface area contributed by atoms with E-state index in [1.54, 1.807) is 0 Å². The van der Waals surface area contributed by atoms with E-state index in [-0.39, 0.29) is 19.5 Å². The van der Waals surface area contributed by atoms with Gasteiger partial charge in [-0.05, 0) is 40.6 Å². The van der Waals surface area contributed by atoms with Gasteiger partial charge in [0, 0.05) is 29.7 Å². The van der Waals surface area contributed by atoms with E-state index >= 15 is 0 Å². The third-order valence-corrected chi connectivity index (χ3v) is 5.55. The first-order valence-electron chi connectivity index (χ1n) is 9.03. The molecule has 1 atom stereocenters. The summed E-state index contributed by atoms with van der Waals surface area (Å²) in [5.74, 6) is -1.25. The SMILES string of the molecule is O=C(NCc1cccc(Br)c1)[C@]1(O)CCN(c2ccc3ccccc3c2)C1=O. The van der Waals surface area contributed by atoms with Gasteiger partial charge in [-0.2, -0.15) is 0 Å². The molecule has 0 unspecified atom stereocenters. The first kappa shape index (κ1) is 18.7. The number of hydrogen-bond donors (Lipinski definition) is 2. The van der Waals surface area contributed by atoms with E-state index in [1.165, 1.54) is 4.90 Å². The molecule has 3 aromatic rings. The van der Waals surface area contributed by atoms with Crippen molar-refractivity contribution >= 4 is 44.2 Å². The van der Waals surface area contributed by atoms with E-state index in [9.17, 15) is 14.7 Å². The maximum atomic E-state index is 12.9. The Balaban J connectivity index is 1.50. The van der Waals surface area contributed by atoms with Gasteiger partial charge in [-0.25, -0.2) is 0 Å². The molecule has 28 heavy (non-hydrogen) atoms. The summed E-state index contributed by atoms with van der Waals surface area (Å²) in [5, 5.41) is 15.5. The van der Waals surface area contributed by atoms with E-state index in [0.29, 0.717) is 5.69 Å². The fraction of sp³-hybridized carbons (Fsp3) is 0.182. The van der Waals surface area contributed by atoms with E-state index in [4.69, 9.17) is 0 Å². The summed E-state index contributed by atoms with van der Waals surface area (Å²) in [7, 11) is 0. The molecule has 3 aromatic carbocycles. The lowest BCUT2D eigenvalue weighted by atomic mass is 10.0. The van der Waals surface area contributed by atoms with Crippen LogP contribution in [-0.4, -0.2) is 29.1 Å². The van der Waals surface area contributed by atoms with Gasteiger partial charge in [-0.3, -0.25) is 9.59 Å². The van der Waals surface area contributed by atoms with Gasteiger partial charge >= 0.3 is 0 Å². The van der Waals surface area contributed by atoms with Crippen LogP contribution in [0.5, 0.6) is 0 Å². The molecule has 2 N–H and O–H groups in total. The number of amides is 2. The summed E-state index contributed by atoms with van der Waals surface area (Å²) < 4.78 is 0.900. The standard InChI is InChI=1S/C22H19BrN2O3/c23-18-7-3-4-15(12-18)14-24-20(26)22(28)10-11-25(21(22)27)19-9-8-16-5-1-2-6-17(16)13-19/h1-9,12-13,28H,10-11,14H2,(H,24,26)/t22-/m1/s1. The zero-order valence-electron chi connectivity index (χ0n) is 15.1. The fourth-order valence-electron chi connectivity index (χ4n) is 3.48. The van der Waals surface area contributed by atoms with E-state index in [2.05, 4.69) is 21.2 Å². The zero-order valence-corrected chi connectivity index (χ0v) is 16.6. The highest BCUT2D eigenvalue weighted by molar-refractivity contribution is 9.10. The number of fused-ring (bicyclic) bond motifs is 1. The Morgan fingerprint density at radius 2 is 1.86 bits per heavy atom. The van der Waals surface area contributed by atoms with E-state index in [1.807, 2.05) is 66.7 Å². The van der Waals surface area contributed by atoms with Crippen molar-refractivity contribution in [3.63, 3.8) is 0 Å². The fourth-order valence-corrected chi connectivity index (χ4v) is 3.93. The molecular formula is C22H19BrN2O3. The van der Waals surface area contributed by atoms with Crippen molar-refractivity contribution in [1.82, 2.24) is 5.32 Å². The summed E-state index contributed by atoms with van der Waals surface area (Å²) in [6.45, 7) is 0.530. The Hall–Kier alpha value is -2.70. The second-order valence-corrected chi connectivity index (χ2v) is 7.83. The van der Waals surface area contributed by atoms with Crippen LogP contribution in [0.3, 0.4) is 0 Å². The summed E-state index contributed by atoms with van der Waals surface area (Å²) in [4.78, 5) is 27.0. The molecule has 0 saturated carbocycles. The number of nitrogens with one attached hydrogen (secondary N) is 1. The van der Waals surface area contributed by atoms with Crippen molar-refractivity contribution in [1.29, 1.82) is 0 Å². The second-order valence-electron chi connectivity index (χ2n) is 6.91. The molecule has 0 aliphatic carbocycles. The number of carbonyl (C=O) groups excluding carboxylic acids is 2. The van der Waals surface area contributed by atoms with Crippen LogP contribution in [0, 0.1) is 0 Å². The van der Waals surface area contributed by atoms with Crippen molar-refractivity contribution in [2.75, 3.05) is 11.4 Å². The van der Waals surface area contributed by atoms with Crippen molar-refractivity contribution in [2.45, 2.75) is 18.6 Å². The molecule has 2 amide bonds. The number of hydrogen-bond acceptors (Lipinski definition) is 3. The summed E-state index contributed by atoms with van der Waals surface area (Å²) in [6, 6.07) is 21.0. The van der Waals surface area contributed by atoms with Crippen molar-refractivity contribution in [3.05, 3.63) is 76.8 Å². The van der Waals surface area contributed by atoms with Gasteiger partial charge in [-0.15, -0.1) is 0 Å². The normalized spacial score (nSPS) is 19.2. The minimum absolute atomic E-state index is 0.0585. The topological polar surface area (TPSA) is 69.6 Å². The van der Waals surface area contributed by atoms with Crippen LogP contribution < -0.4 is 10.2 Å². The smallest absolute Gasteiger partial charge is 0.268 e. The van der Waals surface area contributed by atoms with Gasteiger partial charge in [0.25, 0.3) is 11.8 Å². The van der Waals surface area contributed by atoms with Crippen molar-refractivity contribution < 1.29 is 14.7 Å². The second kappa shape index (κ2) is 7.37. The van der Waals surface area contributed by atoms with Crippen LogP contribution in [0.1, 0.15) is 12.0 Å². The molecule has 5 nitrogen and oxygen atoms in total. The highest BCUT2D eigenvalue weighted by atomic mass is 79.9. The van der Waals surface area contributed by atoms with E-state index < -0.39 is 17.4 Å². The molecule has 1 aliphatic rings. The molecule has 1 saturated heterocycles. The monoisotopic (exact) mass is 438 g/mol. The minimum Gasteiger partial charge on any atom is -0.372 e. The van der Waals surface area contributed by atoms with Crippen LogP contribution in [0.25, 0.3) is 10.8 Å². The highest BCUT2D eigenvalue weighted by Crippen LogP contribution is 2.30. The maximum Gasteiger partial charge on any atom is 0.268 e. The number of benzene rings is 3. The summed E-state index contributed by atoms with van der Waals surface area (Å²) in [5.41, 5.74) is -0.486. The zero-order chi connectivity index (χ0) is 19.7. The minimum atomic E-state index is -2.04. The third-order valence-electron chi connectivity index (χ3n) is 5.06. The van der Waals surface area contributed by atoms with Gasteiger partial charge < -0.3 is 15.3 Å². The highest BCUT2D eigenvalue weighted by Gasteiger charge is 2.51. The average Bonchev–Trinajstić information content (AvgIpc) is 3.02. The molecule has 0 radical (unpaired) electrons. The quantitative estimate of drug-likeness (QED) is 0.613. The van der Waals surface area contributed by atoms with Crippen LogP contribution in [0.2, 0.25) is 0 Å². The summed E-state index contributed by atoms with van der Waals surface area (Å²) in [6.07, 6.45) is 0.0585. The van der Waals surface area contributed by atoms with Crippen LogP contribution in [0.15, 0.2) is 71.2 Å². The van der Waals surface area contributed by atoms with Gasteiger partial charge in [-0.1, -0.05) is 58.4 Å². The van der Waals surface area contributed by atoms with Crippen LogP contribution >= 0.6 is 15.9 Å². The summed E-state index contributed by atoms with van der Waals surface area (Å²) >= 11 is 3.38. The molecular weight excluding hydrogens is 420 g/mol. The molecule has 0 spiro atoms. The lowest BCUT2D eigenvalue weighted by Gasteiger charge is -2.22. The maximum absolute atomic E-state index is 12.9. The first-order valence-corrected chi connectivity index (χ1v) is 9.82. The van der Waals surface area contributed by atoms with Gasteiger partial charge in [0.2, 0.25) is 5.60 Å². The lowest BCUT2D eigenvalue weighted by Crippen LogP contribution is -2.52. The number of aliphatic hydroxyl groups is 1. The van der Waals surface area contributed by atoms with Gasteiger partial charge in [0.05, 0.1) is 0 Å². The molecule has 6 heteroatoms. The number of carbonyl (C=O) groups is 2. The Kier molecular flexibility index (Phi) is 4.91. The predicted molar refractivity (Wildman–Crippen MR) is 112 cm³/mol. The Morgan fingerprint density at radius 3 is 2.64 bits per heavy atom. The molecule has 1 heterocycles. The van der Waals surface area contributed by atoms with Crippen LogP contribution in [0.4, 0.5) is 5.69 Å². The average molecular weight is 439 g/mol. The largest absolute Gasteiger partial charge is 0.372 e. The number of rotatable bonds is 4. The van der Waals surface area contributed by atoms with Gasteiger partial charge in [0.1, 0.15) is 0 Å². The lowest BCUT2D eigenvalue weighted by molar-refractivity contribution is -0.149. The van der Waals surface area contributed by atoms with Gasteiger partial charge in [0.15, 0.2) is 0 Å². The van der Waals surface area contributed by atoms with Crippen molar-refractivity contribution in [2.24, 2.45) is 0 Å².